The first kappa shape index (κ1) is 21.6. The van der Waals surface area contributed by atoms with Crippen LogP contribution in [0.5, 0.6) is 0 Å². The van der Waals surface area contributed by atoms with Crippen LogP contribution in [0.15, 0.2) is 71.5 Å². The van der Waals surface area contributed by atoms with Crippen molar-refractivity contribution in [2.75, 3.05) is 0 Å². The smallest absolute Gasteiger partial charge is 0.167 e. The summed E-state index contributed by atoms with van der Waals surface area (Å²) in [6.07, 6.45) is 2.82. The Bertz CT molecular complexity index is 1250. The maximum Gasteiger partial charge on any atom is 0.167 e. The molecule has 2 heterocycles. The minimum atomic E-state index is -0.860. The molecule has 32 heavy (non-hydrogen) atoms. The summed E-state index contributed by atoms with van der Waals surface area (Å²) in [7, 11) is 0. The van der Waals surface area contributed by atoms with Crippen LogP contribution >= 0.6 is 0 Å². The Morgan fingerprint density at radius 2 is 1.66 bits per heavy atom. The van der Waals surface area contributed by atoms with E-state index in [9.17, 15) is 10.2 Å². The minimum absolute atomic E-state index is 0.472. The van der Waals surface area contributed by atoms with Crippen molar-refractivity contribution < 1.29 is 14.7 Å². The Hall–Kier alpha value is -3.66. The Kier molecular flexibility index (Phi) is 5.95. The highest BCUT2D eigenvalue weighted by Crippen LogP contribution is 2.22. The summed E-state index contributed by atoms with van der Waals surface area (Å²) < 4.78 is 7.35. The van der Waals surface area contributed by atoms with Crippen LogP contribution < -0.4 is 0 Å². The molecule has 0 aliphatic rings. The van der Waals surface area contributed by atoms with E-state index in [2.05, 4.69) is 22.0 Å². The number of aromatic nitrogens is 3. The van der Waals surface area contributed by atoms with Gasteiger partial charge < -0.3 is 19.3 Å². The summed E-state index contributed by atoms with van der Waals surface area (Å²) in [5, 5.41) is 24.0. The Morgan fingerprint density at radius 3 is 2.25 bits per heavy atom. The average Bonchev–Trinajstić information content (AvgIpc) is 3.42. The molecule has 0 fully saturated rings. The van der Waals surface area contributed by atoms with Crippen LogP contribution in [0.3, 0.4) is 0 Å². The molecule has 0 amide bonds. The summed E-state index contributed by atoms with van der Waals surface area (Å²) in [6.45, 7) is 5.68. The molecular formula is C26H25N3O3. The third-order valence-electron chi connectivity index (χ3n) is 5.12. The number of benzene rings is 2. The van der Waals surface area contributed by atoms with E-state index in [1.807, 2.05) is 65.4 Å². The summed E-state index contributed by atoms with van der Waals surface area (Å²) >= 11 is 0. The molecule has 2 aromatic heterocycles. The summed E-state index contributed by atoms with van der Waals surface area (Å²) in [6, 6.07) is 17.3. The Morgan fingerprint density at radius 1 is 1.03 bits per heavy atom. The van der Waals surface area contributed by atoms with Crippen LogP contribution in [-0.2, 0) is 12.1 Å². The highest BCUT2D eigenvalue weighted by atomic mass is 16.5. The van der Waals surface area contributed by atoms with Gasteiger partial charge in [-0.05, 0) is 62.7 Å². The van der Waals surface area contributed by atoms with Crippen LogP contribution in [0, 0.1) is 11.8 Å². The molecule has 0 spiro atoms. The lowest BCUT2D eigenvalue weighted by Crippen LogP contribution is -2.14. The minimum Gasteiger partial charge on any atom is -0.386 e. The molecule has 0 aliphatic carbocycles. The maximum absolute atomic E-state index is 10.0. The van der Waals surface area contributed by atoms with E-state index in [1.165, 1.54) is 0 Å². The molecule has 2 aromatic carbocycles. The molecule has 162 valence electrons. The molecule has 6 heteroatoms. The second kappa shape index (κ2) is 8.83. The summed E-state index contributed by atoms with van der Waals surface area (Å²) in [5.41, 5.74) is 3.43. The predicted molar refractivity (Wildman–Crippen MR) is 122 cm³/mol. The van der Waals surface area contributed by atoms with Gasteiger partial charge in [0, 0.05) is 35.2 Å². The molecule has 0 radical (unpaired) electrons. The largest absolute Gasteiger partial charge is 0.386 e. The topological polar surface area (TPSA) is 84.3 Å². The van der Waals surface area contributed by atoms with Crippen molar-refractivity contribution in [3.63, 3.8) is 0 Å². The molecule has 2 N–H and O–H groups in total. The predicted octanol–water partition coefficient (Wildman–Crippen LogP) is 4.27. The SMILES string of the molecule is C[C@H](O)c1nccn1Cc1cc(-c2ccc(C#Cc3ccc(C(C)(C)O)cc3)cc2)on1. The molecule has 0 aliphatic heterocycles. The highest BCUT2D eigenvalue weighted by molar-refractivity contribution is 5.59. The van der Waals surface area contributed by atoms with Crippen molar-refractivity contribution in [2.24, 2.45) is 0 Å². The molecular weight excluding hydrogens is 402 g/mol. The van der Waals surface area contributed by atoms with E-state index in [-0.39, 0.29) is 0 Å². The van der Waals surface area contributed by atoms with Crippen molar-refractivity contribution in [1.82, 2.24) is 14.7 Å². The van der Waals surface area contributed by atoms with E-state index in [1.54, 1.807) is 27.0 Å². The fourth-order valence-corrected chi connectivity index (χ4v) is 3.34. The van der Waals surface area contributed by atoms with Crippen molar-refractivity contribution in [1.29, 1.82) is 0 Å². The Labute approximate surface area is 187 Å². The normalized spacial score (nSPS) is 12.3. The number of imidazole rings is 1. The molecule has 0 unspecified atom stereocenters. The number of hydrogen-bond donors (Lipinski definition) is 2. The van der Waals surface area contributed by atoms with Crippen molar-refractivity contribution in [2.45, 2.75) is 39.0 Å². The molecule has 0 saturated heterocycles. The van der Waals surface area contributed by atoms with Gasteiger partial charge in [-0.3, -0.25) is 0 Å². The number of hydrogen-bond acceptors (Lipinski definition) is 5. The van der Waals surface area contributed by atoms with Gasteiger partial charge in [0.2, 0.25) is 0 Å². The standard InChI is InChI=1S/C26H25N3O3/c1-18(30)25-27-14-15-29(25)17-23-16-24(32-28-23)21-10-6-19(7-11-21)4-5-20-8-12-22(13-9-20)26(2,3)31/h6-16,18,30-31H,17H2,1-3H3/t18-/m0/s1. The lowest BCUT2D eigenvalue weighted by atomic mass is 9.97. The zero-order chi connectivity index (χ0) is 22.7. The van der Waals surface area contributed by atoms with Crippen LogP contribution in [0.2, 0.25) is 0 Å². The van der Waals surface area contributed by atoms with E-state index < -0.39 is 11.7 Å². The molecule has 6 nitrogen and oxygen atoms in total. The van der Waals surface area contributed by atoms with Crippen molar-refractivity contribution in [3.05, 3.63) is 95.2 Å². The molecule has 4 rings (SSSR count). The van der Waals surface area contributed by atoms with Crippen LogP contribution in [0.1, 0.15) is 55.1 Å². The van der Waals surface area contributed by atoms with Gasteiger partial charge in [0.15, 0.2) is 5.76 Å². The van der Waals surface area contributed by atoms with E-state index >= 15 is 0 Å². The monoisotopic (exact) mass is 427 g/mol. The maximum atomic E-state index is 10.0. The first-order valence-electron chi connectivity index (χ1n) is 10.4. The summed E-state index contributed by atoms with van der Waals surface area (Å²) in [5.74, 6) is 7.56. The average molecular weight is 428 g/mol. The lowest BCUT2D eigenvalue weighted by Gasteiger charge is -2.17. The second-order valence-electron chi connectivity index (χ2n) is 8.24. The molecule has 0 saturated carbocycles. The first-order valence-corrected chi connectivity index (χ1v) is 10.4. The van der Waals surface area contributed by atoms with Gasteiger partial charge in [-0.2, -0.15) is 0 Å². The quantitative estimate of drug-likeness (QED) is 0.465. The lowest BCUT2D eigenvalue weighted by molar-refractivity contribution is 0.0786. The highest BCUT2D eigenvalue weighted by Gasteiger charge is 2.15. The number of rotatable bonds is 5. The van der Waals surface area contributed by atoms with Gasteiger partial charge in [-0.1, -0.05) is 29.1 Å². The third-order valence-corrected chi connectivity index (χ3v) is 5.12. The van der Waals surface area contributed by atoms with Gasteiger partial charge in [-0.25, -0.2) is 4.98 Å². The molecule has 4 aromatic rings. The fourth-order valence-electron chi connectivity index (χ4n) is 3.34. The number of aliphatic hydroxyl groups is 2. The van der Waals surface area contributed by atoms with Crippen LogP contribution in [-0.4, -0.2) is 24.9 Å². The fraction of sp³-hybridized carbons (Fsp3) is 0.231. The number of aliphatic hydroxyl groups excluding tert-OH is 1. The Balaban J connectivity index is 1.45. The van der Waals surface area contributed by atoms with Gasteiger partial charge in [0.1, 0.15) is 17.6 Å². The molecule has 0 bridgehead atoms. The van der Waals surface area contributed by atoms with Crippen LogP contribution in [0.25, 0.3) is 11.3 Å². The zero-order valence-corrected chi connectivity index (χ0v) is 18.3. The van der Waals surface area contributed by atoms with Crippen LogP contribution in [0.4, 0.5) is 0 Å². The number of nitrogens with zero attached hydrogens (tertiary/aromatic N) is 3. The molecule has 1 atom stereocenters. The first-order chi connectivity index (χ1) is 15.3. The third kappa shape index (κ3) is 4.97. The van der Waals surface area contributed by atoms with Gasteiger partial charge in [-0.15, -0.1) is 0 Å². The summed E-state index contributed by atoms with van der Waals surface area (Å²) in [4.78, 5) is 4.17. The second-order valence-corrected chi connectivity index (χ2v) is 8.24. The van der Waals surface area contributed by atoms with Gasteiger partial charge in [0.25, 0.3) is 0 Å². The van der Waals surface area contributed by atoms with Gasteiger partial charge in [0.05, 0.1) is 12.1 Å². The van der Waals surface area contributed by atoms with Gasteiger partial charge >= 0.3 is 0 Å². The zero-order valence-electron chi connectivity index (χ0n) is 18.3. The van der Waals surface area contributed by atoms with E-state index in [4.69, 9.17) is 4.52 Å². The van der Waals surface area contributed by atoms with E-state index in [0.29, 0.717) is 18.1 Å². The van der Waals surface area contributed by atoms with E-state index in [0.717, 1.165) is 27.9 Å². The van der Waals surface area contributed by atoms with Crippen molar-refractivity contribution in [3.8, 4) is 23.2 Å². The van der Waals surface area contributed by atoms with Crippen molar-refractivity contribution >= 4 is 0 Å².